The summed E-state index contributed by atoms with van der Waals surface area (Å²) in [5, 5.41) is 4.63. The Morgan fingerprint density at radius 1 is 1.38 bits per heavy atom. The Bertz CT molecular complexity index is 303. The van der Waals surface area contributed by atoms with Crippen molar-refractivity contribution in [2.75, 3.05) is 5.88 Å². The second-order valence-corrected chi connectivity index (χ2v) is 6.21. The molecule has 0 aliphatic rings. The molecule has 0 radical (unpaired) electrons. The number of rotatable bonds is 6. The Hall–Kier alpha value is -0.120. The van der Waals surface area contributed by atoms with Crippen LogP contribution in [-0.4, -0.2) is 16.9 Å². The van der Waals surface area contributed by atoms with E-state index >= 15 is 0 Å². The molecule has 1 atom stereocenters. The first-order chi connectivity index (χ1) is 7.52. The van der Waals surface area contributed by atoms with Gasteiger partial charge in [-0.15, -0.1) is 22.9 Å². The van der Waals surface area contributed by atoms with Crippen LogP contribution in [0.5, 0.6) is 0 Å². The first-order valence-electron chi connectivity index (χ1n) is 5.75. The number of nitrogens with one attached hydrogen (secondary N) is 1. The van der Waals surface area contributed by atoms with Gasteiger partial charge in [0.2, 0.25) is 0 Å². The van der Waals surface area contributed by atoms with Crippen molar-refractivity contribution in [2.45, 2.75) is 46.7 Å². The highest BCUT2D eigenvalue weighted by Crippen LogP contribution is 2.16. The number of aryl methyl sites for hydroxylation is 2. The third-order valence-electron chi connectivity index (χ3n) is 2.56. The van der Waals surface area contributed by atoms with E-state index in [0.29, 0.717) is 17.8 Å². The van der Waals surface area contributed by atoms with Gasteiger partial charge in [0.05, 0.1) is 5.69 Å². The minimum Gasteiger partial charge on any atom is -0.306 e. The van der Waals surface area contributed by atoms with Gasteiger partial charge in [-0.25, -0.2) is 4.98 Å². The summed E-state index contributed by atoms with van der Waals surface area (Å²) in [6.07, 6.45) is 1.12. The van der Waals surface area contributed by atoms with Crippen molar-refractivity contribution in [3.05, 3.63) is 15.6 Å². The highest BCUT2D eigenvalue weighted by atomic mass is 35.5. The third kappa shape index (κ3) is 4.40. The van der Waals surface area contributed by atoms with E-state index < -0.39 is 0 Å². The van der Waals surface area contributed by atoms with Gasteiger partial charge in [0, 0.05) is 23.3 Å². The Labute approximate surface area is 107 Å². The summed E-state index contributed by atoms with van der Waals surface area (Å²) in [5.74, 6) is 1.35. The highest BCUT2D eigenvalue weighted by Gasteiger charge is 2.10. The summed E-state index contributed by atoms with van der Waals surface area (Å²) in [6.45, 7) is 9.45. The molecular weight excluding hydrogens is 240 g/mol. The molecule has 1 N–H and O–H groups in total. The fraction of sp³-hybridized carbons (Fsp3) is 0.750. The van der Waals surface area contributed by atoms with E-state index in [1.165, 1.54) is 4.88 Å². The van der Waals surface area contributed by atoms with Crippen molar-refractivity contribution >= 4 is 22.9 Å². The fourth-order valence-electron chi connectivity index (χ4n) is 1.62. The molecule has 4 heteroatoms. The van der Waals surface area contributed by atoms with Crippen molar-refractivity contribution in [3.63, 3.8) is 0 Å². The van der Waals surface area contributed by atoms with E-state index in [2.05, 4.69) is 38.0 Å². The molecule has 0 fully saturated rings. The lowest BCUT2D eigenvalue weighted by molar-refractivity contribution is 0.444. The van der Waals surface area contributed by atoms with Crippen LogP contribution in [0, 0.1) is 19.8 Å². The number of alkyl halides is 1. The Balaban J connectivity index is 2.43. The molecule has 1 aromatic heterocycles. The predicted molar refractivity (Wildman–Crippen MR) is 72.4 cm³/mol. The molecule has 0 amide bonds. The van der Waals surface area contributed by atoms with Crippen LogP contribution < -0.4 is 5.32 Å². The summed E-state index contributed by atoms with van der Waals surface area (Å²) in [5.41, 5.74) is 1.15. The van der Waals surface area contributed by atoms with Gasteiger partial charge < -0.3 is 5.32 Å². The molecule has 1 rings (SSSR count). The summed E-state index contributed by atoms with van der Waals surface area (Å²) in [7, 11) is 0. The number of nitrogens with zero attached hydrogens (tertiary/aromatic N) is 1. The molecule has 16 heavy (non-hydrogen) atoms. The maximum atomic E-state index is 5.93. The average Bonchev–Trinajstić information content (AvgIpc) is 2.53. The van der Waals surface area contributed by atoms with E-state index in [9.17, 15) is 0 Å². The Morgan fingerprint density at radius 3 is 2.50 bits per heavy atom. The number of halogens is 1. The van der Waals surface area contributed by atoms with E-state index in [-0.39, 0.29) is 0 Å². The SMILES string of the molecule is Cc1nc(CNC(CCl)CC(C)C)sc1C. The van der Waals surface area contributed by atoms with E-state index in [0.717, 1.165) is 23.7 Å². The van der Waals surface area contributed by atoms with Gasteiger partial charge in [-0.1, -0.05) is 13.8 Å². The predicted octanol–water partition coefficient (Wildman–Crippen LogP) is 3.50. The quantitative estimate of drug-likeness (QED) is 0.792. The van der Waals surface area contributed by atoms with Crippen molar-refractivity contribution in [2.24, 2.45) is 5.92 Å². The van der Waals surface area contributed by atoms with Crippen LogP contribution in [0.4, 0.5) is 0 Å². The molecule has 0 spiro atoms. The van der Waals surface area contributed by atoms with Gasteiger partial charge in [0.25, 0.3) is 0 Å². The molecule has 0 aromatic carbocycles. The molecule has 0 saturated carbocycles. The van der Waals surface area contributed by atoms with Crippen LogP contribution in [-0.2, 0) is 6.54 Å². The highest BCUT2D eigenvalue weighted by molar-refractivity contribution is 7.11. The zero-order valence-corrected chi connectivity index (χ0v) is 12.1. The second-order valence-electron chi connectivity index (χ2n) is 4.61. The largest absolute Gasteiger partial charge is 0.306 e. The zero-order valence-electron chi connectivity index (χ0n) is 10.5. The van der Waals surface area contributed by atoms with Crippen LogP contribution in [0.15, 0.2) is 0 Å². The molecule has 1 aromatic rings. The summed E-state index contributed by atoms with van der Waals surface area (Å²) in [6, 6.07) is 0.395. The molecule has 1 unspecified atom stereocenters. The molecular formula is C12H21ClN2S. The lowest BCUT2D eigenvalue weighted by atomic mass is 10.1. The third-order valence-corrected chi connectivity index (χ3v) is 4.00. The van der Waals surface area contributed by atoms with Crippen molar-refractivity contribution in [3.8, 4) is 0 Å². The number of hydrogen-bond donors (Lipinski definition) is 1. The monoisotopic (exact) mass is 260 g/mol. The van der Waals surface area contributed by atoms with Gasteiger partial charge >= 0.3 is 0 Å². The topological polar surface area (TPSA) is 24.9 Å². The van der Waals surface area contributed by atoms with Crippen LogP contribution in [0.25, 0.3) is 0 Å². The van der Waals surface area contributed by atoms with Crippen LogP contribution >= 0.6 is 22.9 Å². The number of hydrogen-bond acceptors (Lipinski definition) is 3. The molecule has 2 nitrogen and oxygen atoms in total. The van der Waals surface area contributed by atoms with Crippen LogP contribution in [0.2, 0.25) is 0 Å². The minimum absolute atomic E-state index is 0.395. The fourth-order valence-corrected chi connectivity index (χ4v) is 2.74. The smallest absolute Gasteiger partial charge is 0.107 e. The first kappa shape index (κ1) is 13.9. The molecule has 0 bridgehead atoms. The standard InChI is InChI=1S/C12H21ClN2S/c1-8(2)5-11(6-13)14-7-12-15-9(3)10(4)16-12/h8,11,14H,5-7H2,1-4H3. The normalized spacial score (nSPS) is 13.4. The first-order valence-corrected chi connectivity index (χ1v) is 7.10. The average molecular weight is 261 g/mol. The maximum absolute atomic E-state index is 5.93. The van der Waals surface area contributed by atoms with Crippen molar-refractivity contribution in [1.29, 1.82) is 0 Å². The number of thiazole rings is 1. The molecule has 0 saturated heterocycles. The molecule has 92 valence electrons. The minimum atomic E-state index is 0.395. The van der Waals surface area contributed by atoms with Gasteiger partial charge in [-0.2, -0.15) is 0 Å². The van der Waals surface area contributed by atoms with Crippen molar-refractivity contribution in [1.82, 2.24) is 10.3 Å². The van der Waals surface area contributed by atoms with Crippen molar-refractivity contribution < 1.29 is 0 Å². The van der Waals surface area contributed by atoms with Crippen LogP contribution in [0.3, 0.4) is 0 Å². The van der Waals surface area contributed by atoms with Gasteiger partial charge in [0.1, 0.15) is 5.01 Å². The molecule has 0 aliphatic carbocycles. The van der Waals surface area contributed by atoms with E-state index in [1.54, 1.807) is 11.3 Å². The lowest BCUT2D eigenvalue weighted by Crippen LogP contribution is -2.31. The van der Waals surface area contributed by atoms with E-state index in [1.807, 2.05) is 0 Å². The van der Waals surface area contributed by atoms with Crippen LogP contribution in [0.1, 0.15) is 35.8 Å². The zero-order chi connectivity index (χ0) is 12.1. The second kappa shape index (κ2) is 6.58. The summed E-state index contributed by atoms with van der Waals surface area (Å²) < 4.78 is 0. The van der Waals surface area contributed by atoms with Gasteiger partial charge in [0.15, 0.2) is 0 Å². The molecule has 1 heterocycles. The lowest BCUT2D eigenvalue weighted by Gasteiger charge is -2.17. The Kier molecular flexibility index (Phi) is 5.73. The van der Waals surface area contributed by atoms with E-state index in [4.69, 9.17) is 11.6 Å². The number of aromatic nitrogens is 1. The molecule has 0 aliphatic heterocycles. The summed E-state index contributed by atoms with van der Waals surface area (Å²) >= 11 is 7.70. The van der Waals surface area contributed by atoms with Gasteiger partial charge in [-0.3, -0.25) is 0 Å². The maximum Gasteiger partial charge on any atom is 0.107 e. The van der Waals surface area contributed by atoms with Gasteiger partial charge in [-0.05, 0) is 26.2 Å². The Morgan fingerprint density at radius 2 is 2.06 bits per heavy atom. The summed E-state index contributed by atoms with van der Waals surface area (Å²) in [4.78, 5) is 5.82.